The lowest BCUT2D eigenvalue weighted by Crippen LogP contribution is -2.19. The summed E-state index contributed by atoms with van der Waals surface area (Å²) in [5.41, 5.74) is 3.74. The van der Waals surface area contributed by atoms with Gasteiger partial charge in [0.1, 0.15) is 6.61 Å². The van der Waals surface area contributed by atoms with Crippen LogP contribution in [-0.2, 0) is 27.2 Å². The third kappa shape index (κ3) is 4.49. The third-order valence-corrected chi connectivity index (χ3v) is 4.58. The van der Waals surface area contributed by atoms with Crippen LogP contribution < -0.4 is 20.5 Å². The van der Waals surface area contributed by atoms with Gasteiger partial charge in [0.05, 0.1) is 24.8 Å². The fraction of sp³-hybridized carbons (Fsp3) is 0.350. The molecule has 0 radical (unpaired) electrons. The first-order chi connectivity index (χ1) is 13.0. The van der Waals surface area contributed by atoms with Gasteiger partial charge in [0.15, 0.2) is 11.5 Å². The second-order valence-electron chi connectivity index (χ2n) is 6.40. The average Bonchev–Trinajstić information content (AvgIpc) is 2.91. The van der Waals surface area contributed by atoms with Crippen molar-refractivity contribution in [3.8, 4) is 11.5 Å². The molecule has 1 aromatic heterocycles. The highest BCUT2D eigenvalue weighted by atomic mass is 35.5. The van der Waals surface area contributed by atoms with Crippen molar-refractivity contribution < 1.29 is 14.6 Å². The average molecular weight is 408 g/mol. The number of aliphatic hydroxyl groups excluding tert-OH is 1. The number of fused-ring (bicyclic) bond motifs is 1. The molecule has 0 aliphatic heterocycles. The van der Waals surface area contributed by atoms with Gasteiger partial charge in [0.2, 0.25) is 0 Å². The maximum absolute atomic E-state index is 12.0. The summed E-state index contributed by atoms with van der Waals surface area (Å²) in [4.78, 5) is 12.0. The lowest BCUT2D eigenvalue weighted by molar-refractivity contribution is 0.284. The summed E-state index contributed by atoms with van der Waals surface area (Å²) >= 11 is 0. The summed E-state index contributed by atoms with van der Waals surface area (Å²) in [5, 5.41) is 12.0. The topological polar surface area (TPSA) is 77.7 Å². The molecule has 0 aliphatic rings. The second-order valence-corrected chi connectivity index (χ2v) is 6.40. The van der Waals surface area contributed by atoms with Crippen molar-refractivity contribution in [2.75, 3.05) is 20.3 Å². The van der Waals surface area contributed by atoms with Gasteiger partial charge in [-0.05, 0) is 35.4 Å². The molecule has 2 aromatic carbocycles. The second kappa shape index (κ2) is 9.64. The van der Waals surface area contributed by atoms with Crippen molar-refractivity contribution in [1.82, 2.24) is 14.5 Å². The van der Waals surface area contributed by atoms with E-state index < -0.39 is 0 Å². The summed E-state index contributed by atoms with van der Waals surface area (Å²) in [6.07, 6.45) is 0. The van der Waals surface area contributed by atoms with Crippen LogP contribution in [0.2, 0.25) is 0 Å². The van der Waals surface area contributed by atoms with Crippen LogP contribution in [-0.4, -0.2) is 34.5 Å². The number of nitrogens with zero attached hydrogens (tertiary/aromatic N) is 2. The maximum Gasteiger partial charge on any atom is 0.328 e. The van der Waals surface area contributed by atoms with Crippen LogP contribution in [0.25, 0.3) is 11.0 Å². The molecule has 0 saturated heterocycles. The number of imidazole rings is 1. The minimum Gasteiger partial charge on any atom is -0.493 e. The predicted molar refractivity (Wildman–Crippen MR) is 112 cm³/mol. The monoisotopic (exact) mass is 407 g/mol. The molecule has 7 nitrogen and oxygen atoms in total. The molecular formula is C20H26ClN3O4. The molecule has 3 aromatic rings. The molecular weight excluding hydrogens is 382 g/mol. The van der Waals surface area contributed by atoms with Gasteiger partial charge in [-0.1, -0.05) is 12.1 Å². The molecule has 0 bridgehead atoms. The van der Waals surface area contributed by atoms with Gasteiger partial charge in [-0.25, -0.2) is 4.79 Å². The lowest BCUT2D eigenvalue weighted by Gasteiger charge is -2.13. The number of methoxy groups -OCH3 is 1. The highest BCUT2D eigenvalue weighted by molar-refractivity contribution is 5.85. The molecule has 0 fully saturated rings. The van der Waals surface area contributed by atoms with E-state index in [1.165, 1.54) is 0 Å². The van der Waals surface area contributed by atoms with Gasteiger partial charge in [-0.15, -0.1) is 12.4 Å². The molecule has 2 N–H and O–H groups in total. The molecule has 0 aliphatic carbocycles. The standard InChI is InChI=1S/C20H25N3O4.ClH/c1-22-16-6-4-15(10-17(16)23(2)20(22)25)13-27-18-7-5-14(11-19(18)26-3)12-21-8-9-24;/h4-7,10-11,21,24H,8-9,12-13H2,1-3H3;1H. The van der Waals surface area contributed by atoms with Crippen LogP contribution in [0, 0.1) is 0 Å². The largest absolute Gasteiger partial charge is 0.493 e. The van der Waals surface area contributed by atoms with Crippen LogP contribution in [0.5, 0.6) is 11.5 Å². The smallest absolute Gasteiger partial charge is 0.328 e. The van der Waals surface area contributed by atoms with E-state index in [-0.39, 0.29) is 24.7 Å². The first-order valence-corrected chi connectivity index (χ1v) is 8.80. The molecule has 28 heavy (non-hydrogen) atoms. The summed E-state index contributed by atoms with van der Waals surface area (Å²) in [7, 11) is 5.14. The van der Waals surface area contributed by atoms with E-state index >= 15 is 0 Å². The Morgan fingerprint density at radius 1 is 1.00 bits per heavy atom. The van der Waals surface area contributed by atoms with Gasteiger partial charge >= 0.3 is 5.69 Å². The van der Waals surface area contributed by atoms with Crippen LogP contribution in [0.3, 0.4) is 0 Å². The van der Waals surface area contributed by atoms with Gasteiger partial charge in [0.25, 0.3) is 0 Å². The van der Waals surface area contributed by atoms with E-state index in [2.05, 4.69) is 5.32 Å². The molecule has 8 heteroatoms. The molecule has 0 unspecified atom stereocenters. The van der Waals surface area contributed by atoms with Crippen LogP contribution >= 0.6 is 12.4 Å². The number of ether oxygens (including phenoxy) is 2. The number of nitrogens with one attached hydrogen (secondary N) is 1. The molecule has 0 spiro atoms. The Labute approximate surface area is 169 Å². The molecule has 0 amide bonds. The van der Waals surface area contributed by atoms with Gasteiger partial charge in [0, 0.05) is 27.2 Å². The fourth-order valence-electron chi connectivity index (χ4n) is 3.06. The highest BCUT2D eigenvalue weighted by Crippen LogP contribution is 2.29. The zero-order valence-electron chi connectivity index (χ0n) is 16.3. The van der Waals surface area contributed by atoms with E-state index in [0.717, 1.165) is 22.2 Å². The van der Waals surface area contributed by atoms with Crippen LogP contribution in [0.4, 0.5) is 0 Å². The van der Waals surface area contributed by atoms with Crippen molar-refractivity contribution in [2.24, 2.45) is 14.1 Å². The Morgan fingerprint density at radius 3 is 2.43 bits per heavy atom. The number of hydrogen-bond donors (Lipinski definition) is 2. The van der Waals surface area contributed by atoms with Crippen molar-refractivity contribution in [1.29, 1.82) is 0 Å². The van der Waals surface area contributed by atoms with Crippen LogP contribution in [0.15, 0.2) is 41.2 Å². The van der Waals surface area contributed by atoms with E-state index in [0.29, 0.717) is 31.2 Å². The predicted octanol–water partition coefficient (Wildman–Crippen LogP) is 1.97. The summed E-state index contributed by atoms with van der Waals surface area (Å²) < 4.78 is 14.6. The summed E-state index contributed by atoms with van der Waals surface area (Å²) in [5.74, 6) is 1.32. The Morgan fingerprint density at radius 2 is 1.71 bits per heavy atom. The molecule has 0 saturated carbocycles. The van der Waals surface area contributed by atoms with E-state index in [1.807, 2.05) is 36.4 Å². The molecule has 0 atom stereocenters. The molecule has 3 rings (SSSR count). The number of rotatable bonds is 8. The fourth-order valence-corrected chi connectivity index (χ4v) is 3.06. The number of aryl methyl sites for hydroxylation is 2. The first-order valence-electron chi connectivity index (χ1n) is 8.80. The first kappa shape index (κ1) is 21.8. The van der Waals surface area contributed by atoms with E-state index in [1.54, 1.807) is 30.3 Å². The van der Waals surface area contributed by atoms with E-state index in [4.69, 9.17) is 14.6 Å². The van der Waals surface area contributed by atoms with Crippen molar-refractivity contribution >= 4 is 23.4 Å². The van der Waals surface area contributed by atoms with Crippen LogP contribution in [0.1, 0.15) is 11.1 Å². The maximum atomic E-state index is 12.0. The number of halogens is 1. The zero-order chi connectivity index (χ0) is 19.4. The van der Waals surface area contributed by atoms with Gasteiger partial charge in [-0.2, -0.15) is 0 Å². The highest BCUT2D eigenvalue weighted by Gasteiger charge is 2.10. The normalized spacial score (nSPS) is 10.7. The minimum absolute atomic E-state index is 0. The number of benzene rings is 2. The minimum atomic E-state index is -0.0462. The number of aliphatic hydroxyl groups is 1. The Hall–Kier alpha value is -2.48. The summed E-state index contributed by atoms with van der Waals surface area (Å²) in [6.45, 7) is 1.67. The zero-order valence-corrected chi connectivity index (χ0v) is 17.1. The molecule has 1 heterocycles. The Balaban J connectivity index is 0.00000280. The number of hydrogen-bond acceptors (Lipinski definition) is 5. The van der Waals surface area contributed by atoms with Gasteiger partial charge < -0.3 is 19.9 Å². The Bertz CT molecular complexity index is 997. The molecule has 152 valence electrons. The van der Waals surface area contributed by atoms with E-state index in [9.17, 15) is 4.79 Å². The number of aromatic nitrogens is 2. The Kier molecular flexibility index (Phi) is 7.51. The summed E-state index contributed by atoms with van der Waals surface area (Å²) in [6, 6.07) is 11.6. The van der Waals surface area contributed by atoms with Crippen molar-refractivity contribution in [2.45, 2.75) is 13.2 Å². The lowest BCUT2D eigenvalue weighted by atomic mass is 10.2. The quantitative estimate of drug-likeness (QED) is 0.558. The van der Waals surface area contributed by atoms with Gasteiger partial charge in [-0.3, -0.25) is 9.13 Å². The third-order valence-electron chi connectivity index (χ3n) is 4.58. The van der Waals surface area contributed by atoms with Crippen molar-refractivity contribution in [3.63, 3.8) is 0 Å². The van der Waals surface area contributed by atoms with Crippen molar-refractivity contribution in [3.05, 3.63) is 58.0 Å². The SMILES string of the molecule is COc1cc(CNCCO)ccc1OCc1ccc2c(c1)n(C)c(=O)n2C.Cl.